The highest BCUT2D eigenvalue weighted by molar-refractivity contribution is 5.73. The maximum atomic E-state index is 13.6. The van der Waals surface area contributed by atoms with Crippen molar-refractivity contribution in [3.8, 4) is 0 Å². The zero-order valence-corrected chi connectivity index (χ0v) is 18.1. The number of carbonyl (C=O) groups excluding carboxylic acids is 1. The van der Waals surface area contributed by atoms with Crippen LogP contribution in [0.2, 0.25) is 0 Å². The fourth-order valence-corrected chi connectivity index (χ4v) is 3.73. The van der Waals surface area contributed by atoms with Crippen molar-refractivity contribution >= 4 is 23.4 Å². The van der Waals surface area contributed by atoms with Crippen molar-refractivity contribution in [3.63, 3.8) is 0 Å². The van der Waals surface area contributed by atoms with Crippen LogP contribution >= 0.6 is 0 Å². The normalized spacial score (nSPS) is 16.7. The molecule has 2 aromatic rings. The number of alkyl halides is 3. The molecule has 1 aliphatic heterocycles. The molecule has 0 radical (unpaired) electrons. The molecule has 0 unspecified atom stereocenters. The maximum Gasteiger partial charge on any atom is 0.419 e. The molecule has 2 heterocycles. The van der Waals surface area contributed by atoms with Crippen LogP contribution in [-0.4, -0.2) is 35.0 Å². The average Bonchev–Trinajstić information content (AvgIpc) is 2.72. The van der Waals surface area contributed by atoms with E-state index in [2.05, 4.69) is 27.5 Å². The van der Waals surface area contributed by atoms with E-state index in [-0.39, 0.29) is 23.6 Å². The molecule has 174 valence electrons. The largest absolute Gasteiger partial charge is 0.419 e. The molecular formula is C22H27F4N5O. The number of unbranched alkanes of at least 4 members (excludes halogenated alkanes) is 1. The lowest BCUT2D eigenvalue weighted by atomic mass is 10.1. The summed E-state index contributed by atoms with van der Waals surface area (Å²) in [6.07, 6.45) is -0.508. The lowest BCUT2D eigenvalue weighted by Crippen LogP contribution is -2.47. The fraction of sp³-hybridized carbons (Fsp3) is 0.500. The number of hydrogen-bond acceptors (Lipinski definition) is 5. The van der Waals surface area contributed by atoms with Gasteiger partial charge in [-0.3, -0.25) is 4.79 Å². The smallest absolute Gasteiger partial charge is 0.354 e. The molecular weight excluding hydrogens is 426 g/mol. The van der Waals surface area contributed by atoms with E-state index in [1.807, 2.05) is 11.0 Å². The second-order valence-electron chi connectivity index (χ2n) is 7.95. The highest BCUT2D eigenvalue weighted by Gasteiger charge is 2.34. The third-order valence-electron chi connectivity index (χ3n) is 5.23. The van der Waals surface area contributed by atoms with Gasteiger partial charge in [-0.1, -0.05) is 13.3 Å². The van der Waals surface area contributed by atoms with E-state index in [0.717, 1.165) is 44.0 Å². The van der Waals surface area contributed by atoms with E-state index in [4.69, 9.17) is 0 Å². The van der Waals surface area contributed by atoms with E-state index < -0.39 is 17.6 Å². The van der Waals surface area contributed by atoms with Gasteiger partial charge in [0.2, 0.25) is 11.9 Å². The number of benzene rings is 1. The van der Waals surface area contributed by atoms with Crippen LogP contribution in [0.15, 0.2) is 24.3 Å². The second-order valence-corrected chi connectivity index (χ2v) is 7.95. The van der Waals surface area contributed by atoms with Gasteiger partial charge in [-0.2, -0.15) is 18.2 Å². The molecule has 0 aliphatic carbocycles. The Kier molecular flexibility index (Phi) is 7.52. The monoisotopic (exact) mass is 453 g/mol. The van der Waals surface area contributed by atoms with Crippen molar-refractivity contribution in [2.45, 2.75) is 58.2 Å². The van der Waals surface area contributed by atoms with Gasteiger partial charge >= 0.3 is 6.18 Å². The number of carbonyl (C=O) groups is 1. The molecule has 3 rings (SSSR count). The molecule has 0 saturated carbocycles. The number of anilines is 3. The number of hydrogen-bond donors (Lipinski definition) is 2. The van der Waals surface area contributed by atoms with E-state index in [9.17, 15) is 22.4 Å². The Morgan fingerprint density at radius 1 is 1.25 bits per heavy atom. The molecule has 1 amide bonds. The molecule has 10 heteroatoms. The molecule has 1 saturated heterocycles. The van der Waals surface area contributed by atoms with Crippen molar-refractivity contribution in [2.75, 3.05) is 23.3 Å². The van der Waals surface area contributed by atoms with Gasteiger partial charge in [0.15, 0.2) is 0 Å². The second kappa shape index (κ2) is 10.1. The van der Waals surface area contributed by atoms with Gasteiger partial charge < -0.3 is 15.5 Å². The zero-order chi connectivity index (χ0) is 23.3. The lowest BCUT2D eigenvalue weighted by molar-refractivity contribution is -0.140. The van der Waals surface area contributed by atoms with Crippen molar-refractivity contribution in [1.82, 2.24) is 15.3 Å². The van der Waals surface area contributed by atoms with Crippen molar-refractivity contribution < 1.29 is 22.4 Å². The van der Waals surface area contributed by atoms with Crippen molar-refractivity contribution in [3.05, 3.63) is 41.3 Å². The summed E-state index contributed by atoms with van der Waals surface area (Å²) in [5.41, 5.74) is -0.537. The lowest BCUT2D eigenvalue weighted by Gasteiger charge is -2.34. The first-order valence-electron chi connectivity index (χ1n) is 10.7. The number of rotatable bonds is 7. The minimum atomic E-state index is -4.80. The minimum absolute atomic E-state index is 0.00170. The summed E-state index contributed by atoms with van der Waals surface area (Å²) in [6.45, 7) is 4.86. The number of nitrogens with zero attached hydrogens (tertiary/aromatic N) is 3. The van der Waals surface area contributed by atoms with Crippen LogP contribution in [0.5, 0.6) is 0 Å². The van der Waals surface area contributed by atoms with E-state index in [0.29, 0.717) is 24.8 Å². The molecule has 1 aromatic carbocycles. The fourth-order valence-electron chi connectivity index (χ4n) is 3.73. The van der Waals surface area contributed by atoms with Gasteiger partial charge in [-0.15, -0.1) is 0 Å². The third-order valence-corrected chi connectivity index (χ3v) is 5.23. The van der Waals surface area contributed by atoms with Crippen LogP contribution in [0.25, 0.3) is 0 Å². The Bertz CT molecular complexity index is 950. The third kappa shape index (κ3) is 6.30. The number of halogens is 4. The molecule has 0 spiro atoms. The standard InChI is InChI=1S/C22H27F4N5O/c1-3-4-6-15-12-20(31-10-5-7-17(13-31)27-14(2)32)30-21(28-15)29-16-8-9-19(23)18(11-16)22(24,25)26/h8-9,11-12,17H,3-7,10,13H2,1-2H3,(H,27,32)(H,28,29,30)/t17-/m1/s1. The van der Waals surface area contributed by atoms with Gasteiger partial charge in [-0.25, -0.2) is 9.37 Å². The van der Waals surface area contributed by atoms with Crippen LogP contribution in [0.4, 0.5) is 35.0 Å². The molecule has 1 aromatic heterocycles. The summed E-state index contributed by atoms with van der Waals surface area (Å²) in [5.74, 6) is -0.641. The highest BCUT2D eigenvalue weighted by Crippen LogP contribution is 2.33. The molecule has 1 atom stereocenters. The number of aromatic nitrogens is 2. The molecule has 32 heavy (non-hydrogen) atoms. The summed E-state index contributed by atoms with van der Waals surface area (Å²) in [4.78, 5) is 22.4. The summed E-state index contributed by atoms with van der Waals surface area (Å²) in [6, 6.07) is 4.58. The predicted molar refractivity (Wildman–Crippen MR) is 114 cm³/mol. The predicted octanol–water partition coefficient (Wildman–Crippen LogP) is 4.83. The quantitative estimate of drug-likeness (QED) is 0.588. The molecule has 2 N–H and O–H groups in total. The number of amides is 1. The SMILES string of the molecule is CCCCc1cc(N2CCC[C@@H](NC(C)=O)C2)nc(Nc2ccc(F)c(C(F)(F)F)c2)n1. The molecule has 1 fully saturated rings. The Morgan fingerprint density at radius 3 is 2.72 bits per heavy atom. The summed E-state index contributed by atoms with van der Waals surface area (Å²) < 4.78 is 52.8. The van der Waals surface area contributed by atoms with Crippen LogP contribution in [0.3, 0.4) is 0 Å². The number of piperidine rings is 1. The first kappa shape index (κ1) is 23.7. The van der Waals surface area contributed by atoms with Gasteiger partial charge in [0.05, 0.1) is 5.56 Å². The van der Waals surface area contributed by atoms with Gasteiger partial charge in [0.1, 0.15) is 11.6 Å². The van der Waals surface area contributed by atoms with E-state index >= 15 is 0 Å². The van der Waals surface area contributed by atoms with Gasteiger partial charge in [0.25, 0.3) is 0 Å². The van der Waals surface area contributed by atoms with E-state index in [1.165, 1.54) is 13.0 Å². The molecule has 6 nitrogen and oxygen atoms in total. The van der Waals surface area contributed by atoms with Crippen LogP contribution in [0, 0.1) is 5.82 Å². The number of aryl methyl sites for hydroxylation is 1. The van der Waals surface area contributed by atoms with Crippen LogP contribution in [0.1, 0.15) is 50.8 Å². The van der Waals surface area contributed by atoms with Gasteiger partial charge in [0, 0.05) is 43.5 Å². The summed E-state index contributed by atoms with van der Waals surface area (Å²) >= 11 is 0. The van der Waals surface area contributed by atoms with Crippen LogP contribution < -0.4 is 15.5 Å². The van der Waals surface area contributed by atoms with E-state index in [1.54, 1.807) is 0 Å². The first-order valence-corrected chi connectivity index (χ1v) is 10.7. The molecule has 1 aliphatic rings. The Morgan fingerprint density at radius 2 is 2.03 bits per heavy atom. The zero-order valence-electron chi connectivity index (χ0n) is 18.1. The Balaban J connectivity index is 1.88. The Hall–Kier alpha value is -2.91. The van der Waals surface area contributed by atoms with Crippen molar-refractivity contribution in [1.29, 1.82) is 0 Å². The molecule has 0 bridgehead atoms. The first-order chi connectivity index (χ1) is 15.2. The Labute approximate surface area is 184 Å². The van der Waals surface area contributed by atoms with Crippen molar-refractivity contribution in [2.24, 2.45) is 0 Å². The highest BCUT2D eigenvalue weighted by atomic mass is 19.4. The summed E-state index contributed by atoms with van der Waals surface area (Å²) in [5, 5.41) is 5.73. The number of nitrogens with one attached hydrogen (secondary N) is 2. The average molecular weight is 453 g/mol. The minimum Gasteiger partial charge on any atom is -0.354 e. The topological polar surface area (TPSA) is 70.2 Å². The van der Waals surface area contributed by atoms with Crippen LogP contribution in [-0.2, 0) is 17.4 Å². The van der Waals surface area contributed by atoms with Gasteiger partial charge in [-0.05, 0) is 43.9 Å². The maximum absolute atomic E-state index is 13.6. The summed E-state index contributed by atoms with van der Waals surface area (Å²) in [7, 11) is 0.